The van der Waals surface area contributed by atoms with E-state index in [9.17, 15) is 39.6 Å². The number of ether oxygens (including phenoxy) is 1. The van der Waals surface area contributed by atoms with Crippen molar-refractivity contribution in [1.29, 1.82) is 0 Å². The van der Waals surface area contributed by atoms with Crippen LogP contribution in [0, 0.1) is 39.4 Å². The Hall–Kier alpha value is -2.20. The number of aliphatic hydroxyl groups is 4. The average Bonchev–Trinajstić information content (AvgIpc) is 3.01. The summed E-state index contributed by atoms with van der Waals surface area (Å²) in [6, 6.07) is 0. The molecule has 0 amide bonds. The zero-order valence-electron chi connectivity index (χ0n) is 25.6. The van der Waals surface area contributed by atoms with Crippen LogP contribution in [0.2, 0.25) is 0 Å². The molecule has 0 bridgehead atoms. The van der Waals surface area contributed by atoms with E-state index in [-0.39, 0.29) is 30.8 Å². The molecule has 0 aromatic rings. The lowest BCUT2D eigenvalue weighted by Gasteiger charge is -2.65. The maximum absolute atomic E-state index is 14.3. The molecule has 9 heteroatoms. The molecule has 4 aliphatic rings. The molecule has 0 aliphatic heterocycles. The number of esters is 1. The van der Waals surface area contributed by atoms with Crippen molar-refractivity contribution >= 4 is 23.3 Å². The van der Waals surface area contributed by atoms with Crippen molar-refractivity contribution in [3.05, 3.63) is 23.8 Å². The quantitative estimate of drug-likeness (QED) is 0.220. The Morgan fingerprint density at radius 1 is 1.02 bits per heavy atom. The molecule has 4 N–H and O–H groups in total. The predicted octanol–water partition coefficient (Wildman–Crippen LogP) is 2.47. The van der Waals surface area contributed by atoms with Crippen LogP contribution in [-0.4, -0.2) is 73.3 Å². The first-order chi connectivity index (χ1) is 18.5. The van der Waals surface area contributed by atoms with Gasteiger partial charge in [-0.3, -0.25) is 19.2 Å². The van der Waals surface area contributed by atoms with Gasteiger partial charge in [-0.15, -0.1) is 0 Å². The third-order valence-corrected chi connectivity index (χ3v) is 11.5. The lowest BCUT2D eigenvalue weighted by Crippen LogP contribution is -2.68. The predicted molar refractivity (Wildman–Crippen MR) is 149 cm³/mol. The number of aliphatic hydroxyl groups excluding tert-OH is 3. The number of Topliss-reactive ketones (excluding diaryl/α,β-unsaturated/α-hetero) is 2. The molecular formula is C32H46O9. The Morgan fingerprint density at radius 2 is 1.61 bits per heavy atom. The highest BCUT2D eigenvalue weighted by Crippen LogP contribution is 2.74. The van der Waals surface area contributed by atoms with Crippen LogP contribution < -0.4 is 0 Å². The van der Waals surface area contributed by atoms with Crippen LogP contribution in [-0.2, 0) is 23.9 Å². The van der Waals surface area contributed by atoms with Crippen LogP contribution in [0.5, 0.6) is 0 Å². The number of hydrogen-bond donors (Lipinski definition) is 4. The van der Waals surface area contributed by atoms with E-state index in [4.69, 9.17) is 4.74 Å². The second-order valence-electron chi connectivity index (χ2n) is 14.9. The molecule has 228 valence electrons. The molecule has 4 rings (SSSR count). The summed E-state index contributed by atoms with van der Waals surface area (Å²) >= 11 is 0. The molecule has 10 atom stereocenters. The Balaban J connectivity index is 1.79. The van der Waals surface area contributed by atoms with Crippen molar-refractivity contribution in [1.82, 2.24) is 0 Å². The van der Waals surface area contributed by atoms with Gasteiger partial charge in [0.2, 0.25) is 0 Å². The molecular weight excluding hydrogens is 528 g/mol. The van der Waals surface area contributed by atoms with E-state index in [1.807, 2.05) is 6.92 Å². The highest BCUT2D eigenvalue weighted by atomic mass is 16.6. The zero-order chi connectivity index (χ0) is 31.3. The fourth-order valence-electron chi connectivity index (χ4n) is 9.48. The molecule has 0 saturated heterocycles. The molecule has 0 spiro atoms. The van der Waals surface area contributed by atoms with E-state index in [0.717, 1.165) is 6.08 Å². The van der Waals surface area contributed by atoms with Crippen molar-refractivity contribution < 1.29 is 44.3 Å². The lowest BCUT2D eigenvalue weighted by atomic mass is 9.38. The van der Waals surface area contributed by atoms with Crippen LogP contribution >= 0.6 is 0 Å². The topological polar surface area (TPSA) is 158 Å². The zero-order valence-corrected chi connectivity index (χ0v) is 25.6. The number of fused-ring (bicyclic) bond motifs is 5. The highest BCUT2D eigenvalue weighted by Gasteiger charge is 2.76. The molecule has 41 heavy (non-hydrogen) atoms. The van der Waals surface area contributed by atoms with E-state index in [0.29, 0.717) is 5.57 Å². The summed E-state index contributed by atoms with van der Waals surface area (Å²) in [7, 11) is 0. The van der Waals surface area contributed by atoms with Gasteiger partial charge in [-0.1, -0.05) is 32.4 Å². The maximum atomic E-state index is 14.3. The van der Waals surface area contributed by atoms with Crippen molar-refractivity contribution in [3.8, 4) is 0 Å². The lowest BCUT2D eigenvalue weighted by molar-refractivity contribution is -0.196. The summed E-state index contributed by atoms with van der Waals surface area (Å²) in [6.07, 6.45) is 0.793. The fourth-order valence-corrected chi connectivity index (χ4v) is 9.48. The second-order valence-corrected chi connectivity index (χ2v) is 14.9. The van der Waals surface area contributed by atoms with E-state index in [2.05, 4.69) is 0 Å². The van der Waals surface area contributed by atoms with Gasteiger partial charge < -0.3 is 25.2 Å². The molecule has 3 fully saturated rings. The first kappa shape index (κ1) is 31.7. The maximum Gasteiger partial charge on any atom is 0.303 e. The van der Waals surface area contributed by atoms with Crippen LogP contribution in [0.3, 0.4) is 0 Å². The SMILES string of the molecule is CC(=O)OC(C)(C)/C=C/C(=O)[C@](C)(O)[C@H]1[C@H](O)C[C@@]2(C)C3[C@@H](O)C=C4[C@@H](C[C@H](O)C(=O)C4(C)C)[C@]3(C)C(=O)C[C@]12C. The van der Waals surface area contributed by atoms with Gasteiger partial charge >= 0.3 is 5.97 Å². The van der Waals surface area contributed by atoms with E-state index >= 15 is 0 Å². The Labute approximate surface area is 242 Å². The van der Waals surface area contributed by atoms with Crippen molar-refractivity contribution in [2.75, 3.05) is 0 Å². The normalized spacial score (nSPS) is 43.5. The largest absolute Gasteiger partial charge is 0.456 e. The number of allylic oxidation sites excluding steroid dienone is 1. The standard InChI is InChI=1S/C32H46O9/c1-16(33)41-27(2,3)11-10-22(37)32(9,40)25-21(36)14-29(6)24-19(34)12-17-18(13-20(35)26(39)28(17,4)5)31(24,8)23(38)15-30(25,29)7/h10-12,18-21,24-25,34-36,40H,13-15H2,1-9H3/b11-10+/t18-,19+,20+,21-,24?,25+,29+,30-,31-,32+/m1/s1. The fraction of sp³-hybridized carbons (Fsp3) is 0.750. The Bertz CT molecular complexity index is 1240. The highest BCUT2D eigenvalue weighted by molar-refractivity contribution is 5.98. The molecule has 3 saturated carbocycles. The molecule has 0 heterocycles. The van der Waals surface area contributed by atoms with E-state index in [1.165, 1.54) is 19.9 Å². The van der Waals surface area contributed by atoms with E-state index < -0.39 is 80.7 Å². The molecule has 0 aromatic heterocycles. The number of carbonyl (C=O) groups is 4. The number of hydrogen-bond acceptors (Lipinski definition) is 9. The monoisotopic (exact) mass is 574 g/mol. The van der Waals surface area contributed by atoms with Crippen molar-refractivity contribution in [3.63, 3.8) is 0 Å². The molecule has 0 aromatic carbocycles. The van der Waals surface area contributed by atoms with Crippen molar-refractivity contribution in [2.24, 2.45) is 39.4 Å². The van der Waals surface area contributed by atoms with Gasteiger partial charge in [-0.2, -0.15) is 0 Å². The first-order valence-electron chi connectivity index (χ1n) is 14.5. The minimum atomic E-state index is -2.08. The smallest absolute Gasteiger partial charge is 0.303 e. The van der Waals surface area contributed by atoms with Gasteiger partial charge in [0.1, 0.15) is 23.1 Å². The minimum Gasteiger partial charge on any atom is -0.456 e. The number of ketones is 3. The van der Waals surface area contributed by atoms with Gasteiger partial charge in [-0.25, -0.2) is 0 Å². The van der Waals surface area contributed by atoms with Gasteiger partial charge in [0.25, 0.3) is 0 Å². The van der Waals surface area contributed by atoms with E-state index in [1.54, 1.807) is 47.6 Å². The summed E-state index contributed by atoms with van der Waals surface area (Å²) in [6.45, 7) is 14.7. The van der Waals surface area contributed by atoms with Gasteiger partial charge in [0.15, 0.2) is 11.6 Å². The summed E-state index contributed by atoms with van der Waals surface area (Å²) in [5.74, 6) is -4.00. The summed E-state index contributed by atoms with van der Waals surface area (Å²) in [5, 5.41) is 45.7. The van der Waals surface area contributed by atoms with Crippen molar-refractivity contribution in [2.45, 2.75) is 111 Å². The third-order valence-electron chi connectivity index (χ3n) is 11.5. The first-order valence-corrected chi connectivity index (χ1v) is 14.5. The molecule has 0 radical (unpaired) electrons. The number of rotatable bonds is 5. The molecule has 4 aliphatic carbocycles. The van der Waals surface area contributed by atoms with Gasteiger partial charge in [-0.05, 0) is 76.4 Å². The van der Waals surface area contributed by atoms with Crippen LogP contribution in [0.4, 0.5) is 0 Å². The average molecular weight is 575 g/mol. The number of carbonyl (C=O) groups excluding carboxylic acids is 4. The molecule has 9 nitrogen and oxygen atoms in total. The summed E-state index contributed by atoms with van der Waals surface area (Å²) in [4.78, 5) is 52.1. The molecule has 1 unspecified atom stereocenters. The summed E-state index contributed by atoms with van der Waals surface area (Å²) in [5.41, 5.74) is -6.73. The van der Waals surface area contributed by atoms with Crippen LogP contribution in [0.25, 0.3) is 0 Å². The van der Waals surface area contributed by atoms with Gasteiger partial charge in [0, 0.05) is 36.0 Å². The summed E-state index contributed by atoms with van der Waals surface area (Å²) < 4.78 is 5.21. The minimum absolute atomic E-state index is 0.0642. The van der Waals surface area contributed by atoms with Gasteiger partial charge in [0.05, 0.1) is 12.2 Å². The van der Waals surface area contributed by atoms with Crippen LogP contribution in [0.15, 0.2) is 23.8 Å². The Kier molecular flexibility index (Phi) is 7.27. The Morgan fingerprint density at radius 3 is 2.17 bits per heavy atom. The third kappa shape index (κ3) is 4.33. The second kappa shape index (κ2) is 9.40. The van der Waals surface area contributed by atoms with Crippen LogP contribution in [0.1, 0.15) is 81.6 Å².